The number of carbonyl (C=O) groups excluding carboxylic acids is 1. The molecule has 104 valence electrons. The minimum absolute atomic E-state index is 0.0582. The molecule has 1 aromatic rings. The lowest BCUT2D eigenvalue weighted by molar-refractivity contribution is -0.117. The molecule has 1 aromatic carbocycles. The second-order valence-corrected chi connectivity index (χ2v) is 5.54. The van der Waals surface area contributed by atoms with Crippen LogP contribution in [0, 0.1) is 0 Å². The van der Waals surface area contributed by atoms with E-state index in [-0.39, 0.29) is 5.91 Å². The van der Waals surface area contributed by atoms with Crippen LogP contribution in [-0.2, 0) is 4.79 Å². The SMILES string of the molecule is O=C(CN1CCCCCCC1)Nc1ccc(Cl)cc1. The minimum atomic E-state index is 0.0582. The Bertz CT molecular complexity index is 397. The van der Waals surface area contributed by atoms with Gasteiger partial charge in [0.1, 0.15) is 0 Å². The van der Waals surface area contributed by atoms with Crippen LogP contribution in [-0.4, -0.2) is 30.4 Å². The van der Waals surface area contributed by atoms with Crippen molar-refractivity contribution >= 4 is 23.2 Å². The van der Waals surface area contributed by atoms with Crippen LogP contribution in [0.2, 0.25) is 5.02 Å². The van der Waals surface area contributed by atoms with Crippen molar-refractivity contribution in [3.05, 3.63) is 29.3 Å². The first-order chi connectivity index (χ1) is 9.24. The Morgan fingerprint density at radius 2 is 1.63 bits per heavy atom. The fourth-order valence-electron chi connectivity index (χ4n) is 2.41. The maximum absolute atomic E-state index is 12.0. The fraction of sp³-hybridized carbons (Fsp3) is 0.533. The van der Waals surface area contributed by atoms with Gasteiger partial charge in [-0.15, -0.1) is 0 Å². The second kappa shape index (κ2) is 7.51. The lowest BCUT2D eigenvalue weighted by Gasteiger charge is -2.23. The van der Waals surface area contributed by atoms with Crippen molar-refractivity contribution in [3.63, 3.8) is 0 Å². The van der Waals surface area contributed by atoms with Gasteiger partial charge in [0.05, 0.1) is 6.54 Å². The summed E-state index contributed by atoms with van der Waals surface area (Å²) in [4.78, 5) is 14.2. The van der Waals surface area contributed by atoms with Gasteiger partial charge in [0.15, 0.2) is 0 Å². The van der Waals surface area contributed by atoms with Crippen molar-refractivity contribution in [3.8, 4) is 0 Å². The summed E-state index contributed by atoms with van der Waals surface area (Å²) in [7, 11) is 0. The van der Waals surface area contributed by atoms with E-state index in [9.17, 15) is 4.79 Å². The predicted molar refractivity (Wildman–Crippen MR) is 79.6 cm³/mol. The van der Waals surface area contributed by atoms with Crippen LogP contribution in [0.25, 0.3) is 0 Å². The Kier molecular flexibility index (Phi) is 5.67. The molecule has 1 fully saturated rings. The quantitative estimate of drug-likeness (QED) is 0.918. The van der Waals surface area contributed by atoms with Crippen molar-refractivity contribution in [1.82, 2.24) is 4.90 Å². The molecule has 3 nitrogen and oxygen atoms in total. The highest BCUT2D eigenvalue weighted by molar-refractivity contribution is 6.30. The first-order valence-corrected chi connectivity index (χ1v) is 7.39. The van der Waals surface area contributed by atoms with E-state index < -0.39 is 0 Å². The van der Waals surface area contributed by atoms with Crippen LogP contribution >= 0.6 is 11.6 Å². The largest absolute Gasteiger partial charge is 0.325 e. The average Bonchev–Trinajstić information content (AvgIpc) is 2.35. The van der Waals surface area contributed by atoms with Gasteiger partial charge in [0, 0.05) is 10.7 Å². The Balaban J connectivity index is 1.80. The number of halogens is 1. The van der Waals surface area contributed by atoms with Gasteiger partial charge in [-0.1, -0.05) is 30.9 Å². The molecule has 0 bridgehead atoms. The van der Waals surface area contributed by atoms with E-state index in [1.54, 1.807) is 12.1 Å². The lowest BCUT2D eigenvalue weighted by Crippen LogP contribution is -2.35. The van der Waals surface area contributed by atoms with E-state index in [1.807, 2.05) is 12.1 Å². The number of nitrogens with zero attached hydrogens (tertiary/aromatic N) is 1. The zero-order chi connectivity index (χ0) is 13.5. The molecule has 0 aromatic heterocycles. The van der Waals surface area contributed by atoms with Crippen molar-refractivity contribution in [2.75, 3.05) is 25.0 Å². The number of nitrogens with one attached hydrogen (secondary N) is 1. The van der Waals surface area contributed by atoms with Gasteiger partial charge in [-0.25, -0.2) is 0 Å². The van der Waals surface area contributed by atoms with Crippen LogP contribution in [0.1, 0.15) is 32.1 Å². The lowest BCUT2D eigenvalue weighted by atomic mass is 10.1. The van der Waals surface area contributed by atoms with E-state index in [4.69, 9.17) is 11.6 Å². The summed E-state index contributed by atoms with van der Waals surface area (Å²) in [6.07, 6.45) is 6.32. The highest BCUT2D eigenvalue weighted by Crippen LogP contribution is 2.14. The highest BCUT2D eigenvalue weighted by Gasteiger charge is 2.12. The van der Waals surface area contributed by atoms with Crippen LogP contribution in [0.5, 0.6) is 0 Å². The zero-order valence-electron chi connectivity index (χ0n) is 11.2. The monoisotopic (exact) mass is 280 g/mol. The van der Waals surface area contributed by atoms with Gasteiger partial charge in [0.25, 0.3) is 0 Å². The molecule has 0 radical (unpaired) electrons. The molecular weight excluding hydrogens is 260 g/mol. The molecule has 1 saturated heterocycles. The van der Waals surface area contributed by atoms with Crippen molar-refractivity contribution in [1.29, 1.82) is 0 Å². The number of anilines is 1. The number of hydrogen-bond donors (Lipinski definition) is 1. The third-order valence-corrected chi connectivity index (χ3v) is 3.70. The molecule has 0 aliphatic carbocycles. The zero-order valence-corrected chi connectivity index (χ0v) is 12.0. The molecule has 0 unspecified atom stereocenters. The van der Waals surface area contributed by atoms with Crippen molar-refractivity contribution in [2.45, 2.75) is 32.1 Å². The summed E-state index contributed by atoms with van der Waals surface area (Å²) in [6, 6.07) is 7.22. The van der Waals surface area contributed by atoms with Gasteiger partial charge >= 0.3 is 0 Å². The second-order valence-electron chi connectivity index (χ2n) is 5.10. The highest BCUT2D eigenvalue weighted by atomic mass is 35.5. The Hall–Kier alpha value is -1.06. The Morgan fingerprint density at radius 1 is 1.05 bits per heavy atom. The number of rotatable bonds is 3. The van der Waals surface area contributed by atoms with E-state index in [0.29, 0.717) is 11.6 Å². The molecule has 1 heterocycles. The Labute approximate surface area is 119 Å². The van der Waals surface area contributed by atoms with Gasteiger partial charge in [-0.05, 0) is 50.2 Å². The first-order valence-electron chi connectivity index (χ1n) is 7.02. The summed E-state index contributed by atoms with van der Waals surface area (Å²) in [5, 5.41) is 3.60. The molecular formula is C15H21ClN2O. The topological polar surface area (TPSA) is 32.3 Å². The summed E-state index contributed by atoms with van der Waals surface area (Å²) in [5.74, 6) is 0.0582. The van der Waals surface area contributed by atoms with Crippen molar-refractivity contribution < 1.29 is 4.79 Å². The summed E-state index contributed by atoms with van der Waals surface area (Å²) in [6.45, 7) is 2.56. The molecule has 0 spiro atoms. The summed E-state index contributed by atoms with van der Waals surface area (Å²) in [5.41, 5.74) is 0.807. The molecule has 2 rings (SSSR count). The molecule has 1 N–H and O–H groups in total. The normalized spacial score (nSPS) is 17.5. The van der Waals surface area contributed by atoms with Gasteiger partial charge in [-0.3, -0.25) is 9.69 Å². The number of carbonyl (C=O) groups is 1. The smallest absolute Gasteiger partial charge is 0.238 e. The molecule has 1 amide bonds. The van der Waals surface area contributed by atoms with E-state index >= 15 is 0 Å². The number of benzene rings is 1. The van der Waals surface area contributed by atoms with Gasteiger partial charge in [-0.2, -0.15) is 0 Å². The van der Waals surface area contributed by atoms with E-state index in [0.717, 1.165) is 18.8 Å². The van der Waals surface area contributed by atoms with E-state index in [2.05, 4.69) is 10.2 Å². The molecule has 0 saturated carbocycles. The molecule has 4 heteroatoms. The van der Waals surface area contributed by atoms with Crippen LogP contribution in [0.15, 0.2) is 24.3 Å². The fourth-order valence-corrected chi connectivity index (χ4v) is 2.53. The summed E-state index contributed by atoms with van der Waals surface area (Å²) >= 11 is 5.82. The molecule has 0 atom stereocenters. The van der Waals surface area contributed by atoms with Gasteiger partial charge < -0.3 is 5.32 Å². The number of likely N-dealkylation sites (tertiary alicyclic amines) is 1. The maximum Gasteiger partial charge on any atom is 0.238 e. The molecule has 1 aliphatic rings. The van der Waals surface area contributed by atoms with Crippen LogP contribution in [0.4, 0.5) is 5.69 Å². The first kappa shape index (κ1) is 14.4. The van der Waals surface area contributed by atoms with Gasteiger partial charge in [0.2, 0.25) is 5.91 Å². The standard InChI is InChI=1S/C15H21ClN2O/c16-13-6-8-14(9-7-13)17-15(19)12-18-10-4-2-1-3-5-11-18/h6-9H,1-5,10-12H2,(H,17,19). The van der Waals surface area contributed by atoms with Crippen LogP contribution < -0.4 is 5.32 Å². The predicted octanol–water partition coefficient (Wildman–Crippen LogP) is 3.54. The third-order valence-electron chi connectivity index (χ3n) is 3.44. The van der Waals surface area contributed by atoms with Crippen molar-refractivity contribution in [2.24, 2.45) is 0 Å². The van der Waals surface area contributed by atoms with E-state index in [1.165, 1.54) is 32.1 Å². The Morgan fingerprint density at radius 3 is 2.26 bits per heavy atom. The molecule has 1 aliphatic heterocycles. The number of hydrogen-bond acceptors (Lipinski definition) is 2. The summed E-state index contributed by atoms with van der Waals surface area (Å²) < 4.78 is 0. The molecule has 19 heavy (non-hydrogen) atoms. The number of amides is 1. The third kappa shape index (κ3) is 5.21. The minimum Gasteiger partial charge on any atom is -0.325 e. The average molecular weight is 281 g/mol. The van der Waals surface area contributed by atoms with Crippen LogP contribution in [0.3, 0.4) is 0 Å². The maximum atomic E-state index is 12.0.